The van der Waals surface area contributed by atoms with Gasteiger partial charge in [0, 0.05) is 0 Å². The molecule has 1 atom stereocenters. The minimum absolute atomic E-state index is 0.863. The van der Waals surface area contributed by atoms with E-state index in [0.717, 1.165) is 18.8 Å². The van der Waals surface area contributed by atoms with Gasteiger partial charge in [-0.15, -0.1) is 6.58 Å². The summed E-state index contributed by atoms with van der Waals surface area (Å²) < 4.78 is 0. The smallest absolute Gasteiger partial charge is 0.0288 e. The van der Waals surface area contributed by atoms with Crippen LogP contribution in [-0.4, -0.2) is 0 Å². The number of allylic oxidation sites excluding steroid dienone is 2. The molecule has 0 amide bonds. The molecule has 0 bridgehead atoms. The Kier molecular flexibility index (Phi) is 7.77. The Hall–Kier alpha value is -0.520. The molecule has 0 aliphatic carbocycles. The van der Waals surface area contributed by atoms with Gasteiger partial charge in [0.15, 0.2) is 0 Å². The molecule has 0 saturated heterocycles. The van der Waals surface area contributed by atoms with Crippen LogP contribution in [0.1, 0.15) is 52.4 Å². The summed E-state index contributed by atoms with van der Waals surface area (Å²) in [5, 5.41) is 0. The van der Waals surface area contributed by atoms with E-state index in [1.54, 1.807) is 0 Å². The number of hydrogen-bond donors (Lipinski definition) is 0. The fourth-order valence-corrected chi connectivity index (χ4v) is 1.68. The lowest BCUT2D eigenvalue weighted by Crippen LogP contribution is -1.99. The lowest BCUT2D eigenvalue weighted by atomic mass is 9.92. The maximum absolute atomic E-state index is 4.11. The zero-order chi connectivity index (χ0) is 10.1. The Labute approximate surface area is 83.7 Å². The van der Waals surface area contributed by atoms with E-state index in [-0.39, 0.29) is 0 Å². The Morgan fingerprint density at radius 1 is 1.38 bits per heavy atom. The first-order chi connectivity index (χ1) is 6.24. The van der Waals surface area contributed by atoms with Crippen molar-refractivity contribution in [3.63, 3.8) is 0 Å². The van der Waals surface area contributed by atoms with Crippen LogP contribution < -0.4 is 0 Å². The van der Waals surface area contributed by atoms with Crippen molar-refractivity contribution < 1.29 is 0 Å². The highest BCUT2D eigenvalue weighted by molar-refractivity contribution is 4.97. The molecule has 0 aliphatic heterocycles. The highest BCUT2D eigenvalue weighted by atomic mass is 14.1. The lowest BCUT2D eigenvalue weighted by Gasteiger charge is -2.14. The first-order valence-corrected chi connectivity index (χ1v) is 5.52. The third-order valence-corrected chi connectivity index (χ3v) is 2.55. The summed E-state index contributed by atoms with van der Waals surface area (Å²) in [4.78, 5) is 0. The Bertz CT molecular complexity index is 144. The highest BCUT2D eigenvalue weighted by Crippen LogP contribution is 2.21. The zero-order valence-electron chi connectivity index (χ0n) is 9.31. The molecule has 1 unspecified atom stereocenters. The van der Waals surface area contributed by atoms with E-state index >= 15 is 0 Å². The van der Waals surface area contributed by atoms with E-state index in [4.69, 9.17) is 0 Å². The first kappa shape index (κ1) is 12.5. The third kappa shape index (κ3) is 6.62. The van der Waals surface area contributed by atoms with Crippen molar-refractivity contribution >= 4 is 0 Å². The molecule has 13 heavy (non-hydrogen) atoms. The summed E-state index contributed by atoms with van der Waals surface area (Å²) in [6, 6.07) is 0. The molecule has 0 aromatic carbocycles. The van der Waals surface area contributed by atoms with Gasteiger partial charge in [0.1, 0.15) is 0 Å². The Morgan fingerprint density at radius 2 is 2.08 bits per heavy atom. The van der Waals surface area contributed by atoms with Crippen LogP contribution in [0.5, 0.6) is 0 Å². The Morgan fingerprint density at radius 3 is 2.54 bits per heavy atom. The average Bonchev–Trinajstić information content (AvgIpc) is 2.14. The van der Waals surface area contributed by atoms with Crippen LogP contribution in [-0.2, 0) is 0 Å². The minimum Gasteiger partial charge on any atom is -0.103 e. The van der Waals surface area contributed by atoms with Crippen LogP contribution >= 0.6 is 0 Å². The zero-order valence-corrected chi connectivity index (χ0v) is 9.31. The average molecular weight is 180 g/mol. The molecule has 0 aromatic rings. The molecule has 0 nitrogen and oxygen atoms in total. The monoisotopic (exact) mass is 180 g/mol. The van der Waals surface area contributed by atoms with Gasteiger partial charge in [-0.05, 0) is 25.2 Å². The molecule has 0 saturated carbocycles. The van der Waals surface area contributed by atoms with Crippen LogP contribution in [0.4, 0.5) is 0 Å². The summed E-state index contributed by atoms with van der Waals surface area (Å²) in [7, 11) is 0. The van der Waals surface area contributed by atoms with Gasteiger partial charge in [-0.2, -0.15) is 0 Å². The van der Waals surface area contributed by atoms with Crippen LogP contribution in [0.3, 0.4) is 0 Å². The lowest BCUT2D eigenvalue weighted by molar-refractivity contribution is 0.456. The molecule has 0 heterocycles. The Balaban J connectivity index is 3.65. The van der Waals surface area contributed by atoms with Gasteiger partial charge in [0.05, 0.1) is 0 Å². The van der Waals surface area contributed by atoms with E-state index in [1.165, 1.54) is 31.3 Å². The normalized spacial score (nSPS) is 12.5. The fraction of sp³-hybridized carbons (Fsp3) is 0.692. The predicted octanol–water partition coefficient (Wildman–Crippen LogP) is 4.73. The summed E-state index contributed by atoms with van der Waals surface area (Å²) in [5.74, 6) is 0.863. The van der Waals surface area contributed by atoms with Crippen molar-refractivity contribution in [2.75, 3.05) is 0 Å². The van der Waals surface area contributed by atoms with Crippen molar-refractivity contribution in [2.45, 2.75) is 52.4 Å². The van der Waals surface area contributed by atoms with Gasteiger partial charge in [-0.1, -0.05) is 51.3 Å². The summed E-state index contributed by atoms with van der Waals surface area (Å²) in [6.07, 6.45) is 9.35. The topological polar surface area (TPSA) is 0 Å². The molecule has 0 aromatic heterocycles. The van der Waals surface area contributed by atoms with Crippen LogP contribution in [0.25, 0.3) is 0 Å². The minimum atomic E-state index is 0.863. The van der Waals surface area contributed by atoms with Crippen molar-refractivity contribution in [3.05, 3.63) is 24.8 Å². The van der Waals surface area contributed by atoms with Gasteiger partial charge < -0.3 is 0 Å². The predicted molar refractivity (Wildman–Crippen MR) is 61.9 cm³/mol. The van der Waals surface area contributed by atoms with Crippen molar-refractivity contribution in [3.8, 4) is 0 Å². The highest BCUT2D eigenvalue weighted by Gasteiger charge is 2.06. The molecular weight excluding hydrogens is 156 g/mol. The summed E-state index contributed by atoms with van der Waals surface area (Å²) >= 11 is 0. The van der Waals surface area contributed by atoms with E-state index in [1.807, 2.05) is 6.08 Å². The number of rotatable bonds is 8. The number of hydrogen-bond acceptors (Lipinski definition) is 0. The molecular formula is C13H24. The maximum Gasteiger partial charge on any atom is -0.0288 e. The van der Waals surface area contributed by atoms with E-state index in [2.05, 4.69) is 27.0 Å². The molecule has 76 valence electrons. The second kappa shape index (κ2) is 8.10. The SMILES string of the molecule is C=CCCC(=C)CC(CC)CCC. The van der Waals surface area contributed by atoms with E-state index in [0.29, 0.717) is 0 Å². The van der Waals surface area contributed by atoms with E-state index < -0.39 is 0 Å². The van der Waals surface area contributed by atoms with Crippen LogP contribution in [0, 0.1) is 5.92 Å². The maximum atomic E-state index is 4.11. The molecule has 0 N–H and O–H groups in total. The first-order valence-electron chi connectivity index (χ1n) is 5.52. The molecule has 0 fully saturated rings. The van der Waals surface area contributed by atoms with Crippen molar-refractivity contribution in [1.82, 2.24) is 0 Å². The van der Waals surface area contributed by atoms with E-state index in [9.17, 15) is 0 Å². The molecule has 0 aliphatic rings. The van der Waals surface area contributed by atoms with Gasteiger partial charge in [-0.3, -0.25) is 0 Å². The largest absolute Gasteiger partial charge is 0.103 e. The molecule has 0 radical (unpaired) electrons. The van der Waals surface area contributed by atoms with Crippen molar-refractivity contribution in [2.24, 2.45) is 5.92 Å². The van der Waals surface area contributed by atoms with Crippen LogP contribution in [0.15, 0.2) is 24.8 Å². The molecule has 0 spiro atoms. The van der Waals surface area contributed by atoms with Crippen LogP contribution in [0.2, 0.25) is 0 Å². The van der Waals surface area contributed by atoms with Gasteiger partial charge in [0.25, 0.3) is 0 Å². The standard InChI is InChI=1S/C13H24/c1-5-8-10-12(4)11-13(7-3)9-6-2/h5,13H,1,4,6-11H2,2-3H3. The van der Waals surface area contributed by atoms with Gasteiger partial charge >= 0.3 is 0 Å². The van der Waals surface area contributed by atoms with Gasteiger partial charge in [0.2, 0.25) is 0 Å². The summed E-state index contributed by atoms with van der Waals surface area (Å²) in [5.41, 5.74) is 1.40. The van der Waals surface area contributed by atoms with Crippen molar-refractivity contribution in [1.29, 1.82) is 0 Å². The molecule has 0 heteroatoms. The van der Waals surface area contributed by atoms with Gasteiger partial charge in [-0.25, -0.2) is 0 Å². The summed E-state index contributed by atoms with van der Waals surface area (Å²) in [6.45, 7) is 12.4. The second-order valence-electron chi connectivity index (χ2n) is 3.84. The molecule has 0 rings (SSSR count). The third-order valence-electron chi connectivity index (χ3n) is 2.55. The quantitative estimate of drug-likeness (QED) is 0.474. The fourth-order valence-electron chi connectivity index (χ4n) is 1.68. The second-order valence-corrected chi connectivity index (χ2v) is 3.84.